The topological polar surface area (TPSA) is 134 Å². The smallest absolute Gasteiger partial charge is 0.295 e. The predicted octanol–water partition coefficient (Wildman–Crippen LogP) is 3.18. The minimum Gasteiger partial charge on any atom is -0.504 e. The molecule has 0 saturated heterocycles. The number of nitrogens with zero attached hydrogens (tertiary/aromatic N) is 3. The Labute approximate surface area is 175 Å². The van der Waals surface area contributed by atoms with Crippen LogP contribution in [0, 0.1) is 10.1 Å². The first-order chi connectivity index (χ1) is 14.3. The Kier molecular flexibility index (Phi) is 7.72. The number of hydrogen-bond acceptors (Lipinski definition) is 8. The van der Waals surface area contributed by atoms with Gasteiger partial charge in [-0.3, -0.25) is 15.5 Å². The normalized spacial score (nSPS) is 11.7. The van der Waals surface area contributed by atoms with Gasteiger partial charge in [-0.2, -0.15) is 9.41 Å². The number of para-hydroxylation sites is 1. The molecule has 0 aliphatic heterocycles. The molecule has 10 nitrogen and oxygen atoms in total. The van der Waals surface area contributed by atoms with Crippen LogP contribution in [0.3, 0.4) is 0 Å². The zero-order valence-corrected chi connectivity index (χ0v) is 17.7. The van der Waals surface area contributed by atoms with Gasteiger partial charge in [0.1, 0.15) is 5.69 Å². The van der Waals surface area contributed by atoms with Gasteiger partial charge in [-0.25, -0.2) is 8.42 Å². The van der Waals surface area contributed by atoms with Gasteiger partial charge >= 0.3 is 0 Å². The third kappa shape index (κ3) is 5.05. The summed E-state index contributed by atoms with van der Waals surface area (Å²) in [5.74, 6) is 0.179. The van der Waals surface area contributed by atoms with Gasteiger partial charge in [-0.1, -0.05) is 19.9 Å². The highest BCUT2D eigenvalue weighted by atomic mass is 32.2. The molecule has 0 fully saturated rings. The van der Waals surface area contributed by atoms with E-state index in [0.29, 0.717) is 17.9 Å². The number of nitro groups is 1. The molecule has 162 valence electrons. The van der Waals surface area contributed by atoms with Crippen LogP contribution < -0.4 is 10.2 Å². The Morgan fingerprint density at radius 2 is 1.93 bits per heavy atom. The maximum absolute atomic E-state index is 12.6. The van der Waals surface area contributed by atoms with Gasteiger partial charge in [0.05, 0.1) is 22.6 Å². The molecule has 2 rings (SSSR count). The molecule has 30 heavy (non-hydrogen) atoms. The van der Waals surface area contributed by atoms with Gasteiger partial charge in [0.2, 0.25) is 10.0 Å². The number of benzene rings is 2. The molecule has 0 aliphatic carbocycles. The fraction of sp³-hybridized carbons (Fsp3) is 0.316. The van der Waals surface area contributed by atoms with E-state index in [9.17, 15) is 23.6 Å². The van der Waals surface area contributed by atoms with Crippen molar-refractivity contribution in [3.63, 3.8) is 0 Å². The van der Waals surface area contributed by atoms with E-state index in [1.807, 2.05) is 0 Å². The molecule has 0 bridgehead atoms. The van der Waals surface area contributed by atoms with Crippen LogP contribution in [-0.2, 0) is 10.0 Å². The van der Waals surface area contributed by atoms with Crippen molar-refractivity contribution in [3.8, 4) is 11.5 Å². The van der Waals surface area contributed by atoms with Crippen molar-refractivity contribution in [2.45, 2.75) is 25.7 Å². The molecule has 0 atom stereocenters. The van der Waals surface area contributed by atoms with Gasteiger partial charge in [0, 0.05) is 24.7 Å². The van der Waals surface area contributed by atoms with E-state index in [1.54, 1.807) is 39.0 Å². The minimum atomic E-state index is -3.84. The zero-order valence-electron chi connectivity index (χ0n) is 16.9. The van der Waals surface area contributed by atoms with Crippen LogP contribution in [0.4, 0.5) is 11.4 Å². The molecule has 0 aromatic heterocycles. The Bertz CT molecular complexity index is 1040. The summed E-state index contributed by atoms with van der Waals surface area (Å²) in [5, 5.41) is 25.5. The first-order valence-electron chi connectivity index (χ1n) is 9.28. The Morgan fingerprint density at radius 1 is 1.23 bits per heavy atom. The summed E-state index contributed by atoms with van der Waals surface area (Å²) in [4.78, 5) is 10.6. The molecule has 0 radical (unpaired) electrons. The van der Waals surface area contributed by atoms with Crippen LogP contribution in [0.25, 0.3) is 0 Å². The van der Waals surface area contributed by atoms with E-state index in [2.05, 4.69) is 10.5 Å². The lowest BCUT2D eigenvalue weighted by atomic mass is 10.2. The highest BCUT2D eigenvalue weighted by Gasteiger charge is 2.25. The van der Waals surface area contributed by atoms with Gasteiger partial charge < -0.3 is 9.84 Å². The van der Waals surface area contributed by atoms with E-state index in [1.165, 1.54) is 22.7 Å². The summed E-state index contributed by atoms with van der Waals surface area (Å²) in [5.41, 5.74) is 2.44. The average molecular weight is 436 g/mol. The van der Waals surface area contributed by atoms with Gasteiger partial charge in [0.15, 0.2) is 11.5 Å². The van der Waals surface area contributed by atoms with Crippen molar-refractivity contribution in [3.05, 3.63) is 52.1 Å². The van der Waals surface area contributed by atoms with Crippen molar-refractivity contribution in [2.75, 3.05) is 25.1 Å². The second-order valence-corrected chi connectivity index (χ2v) is 7.96. The molecule has 2 aromatic carbocycles. The quantitative estimate of drug-likeness (QED) is 0.332. The van der Waals surface area contributed by atoms with Crippen LogP contribution in [0.15, 0.2) is 46.4 Å². The lowest BCUT2D eigenvalue weighted by molar-refractivity contribution is -0.384. The van der Waals surface area contributed by atoms with Gasteiger partial charge in [-0.05, 0) is 31.2 Å². The maximum Gasteiger partial charge on any atom is 0.295 e. The predicted molar refractivity (Wildman–Crippen MR) is 114 cm³/mol. The third-order valence-electron chi connectivity index (χ3n) is 4.23. The third-order valence-corrected chi connectivity index (χ3v) is 6.27. The summed E-state index contributed by atoms with van der Waals surface area (Å²) < 4.78 is 31.7. The highest BCUT2D eigenvalue weighted by Crippen LogP contribution is 2.30. The van der Waals surface area contributed by atoms with Crippen molar-refractivity contribution in [2.24, 2.45) is 5.10 Å². The van der Waals surface area contributed by atoms with Gasteiger partial charge in [0.25, 0.3) is 5.69 Å². The molecule has 0 amide bonds. The first-order valence-corrected chi connectivity index (χ1v) is 10.7. The lowest BCUT2D eigenvalue weighted by Gasteiger charge is -2.18. The summed E-state index contributed by atoms with van der Waals surface area (Å²) in [6.45, 7) is 6.04. The number of nitrogens with one attached hydrogen (secondary N) is 1. The number of anilines is 1. The summed E-state index contributed by atoms with van der Waals surface area (Å²) in [7, 11) is -3.84. The summed E-state index contributed by atoms with van der Waals surface area (Å²) in [6, 6.07) is 8.43. The highest BCUT2D eigenvalue weighted by molar-refractivity contribution is 7.89. The number of aromatic hydroxyl groups is 1. The molecule has 2 N–H and O–H groups in total. The van der Waals surface area contributed by atoms with Crippen LogP contribution in [-0.4, -0.2) is 48.7 Å². The van der Waals surface area contributed by atoms with E-state index in [0.717, 1.165) is 6.07 Å². The Hall–Kier alpha value is -3.18. The van der Waals surface area contributed by atoms with Crippen LogP contribution in [0.5, 0.6) is 11.5 Å². The molecule has 11 heteroatoms. The van der Waals surface area contributed by atoms with E-state index in [-0.39, 0.29) is 29.4 Å². The Balaban J connectivity index is 2.32. The van der Waals surface area contributed by atoms with E-state index >= 15 is 0 Å². The largest absolute Gasteiger partial charge is 0.504 e. The van der Waals surface area contributed by atoms with Crippen molar-refractivity contribution in [1.82, 2.24) is 4.31 Å². The molecular weight excluding hydrogens is 412 g/mol. The monoisotopic (exact) mass is 436 g/mol. The number of hydrazone groups is 1. The molecule has 0 heterocycles. The zero-order chi connectivity index (χ0) is 22.3. The fourth-order valence-corrected chi connectivity index (χ4v) is 4.20. The lowest BCUT2D eigenvalue weighted by Crippen LogP contribution is -2.30. The number of rotatable bonds is 10. The SMILES string of the molecule is CCOc1cccc(/C=N/Nc2ccc(S(=O)(=O)N(CC)CC)cc2[N+](=O)[O-])c1O. The Morgan fingerprint density at radius 3 is 2.53 bits per heavy atom. The number of sulfonamides is 1. The molecule has 0 spiro atoms. The van der Waals surface area contributed by atoms with Gasteiger partial charge in [-0.15, -0.1) is 0 Å². The van der Waals surface area contributed by atoms with Crippen molar-refractivity contribution >= 4 is 27.6 Å². The van der Waals surface area contributed by atoms with Crippen molar-refractivity contribution < 1.29 is 23.2 Å². The van der Waals surface area contributed by atoms with Crippen LogP contribution in [0.2, 0.25) is 0 Å². The van der Waals surface area contributed by atoms with Crippen LogP contribution >= 0.6 is 0 Å². The number of ether oxygens (including phenoxy) is 1. The van der Waals surface area contributed by atoms with E-state index in [4.69, 9.17) is 4.74 Å². The molecule has 0 aliphatic rings. The summed E-state index contributed by atoms with van der Waals surface area (Å²) in [6.07, 6.45) is 1.28. The average Bonchev–Trinajstić information content (AvgIpc) is 2.71. The number of hydrogen-bond donors (Lipinski definition) is 2. The molecule has 2 aromatic rings. The minimum absolute atomic E-state index is 0.00944. The molecule has 0 unspecified atom stereocenters. The standard InChI is InChI=1S/C19H24N4O6S/c1-4-22(5-2)30(27,28)15-10-11-16(17(12-15)23(25)26)21-20-13-14-8-7-9-18(19(14)24)29-6-3/h7-13,21,24H,4-6H2,1-3H3/b20-13+. The second kappa shape index (κ2) is 10.0. The van der Waals surface area contributed by atoms with E-state index < -0.39 is 20.6 Å². The second-order valence-electron chi connectivity index (χ2n) is 6.02. The molecular formula is C19H24N4O6S. The number of nitro benzene ring substituents is 1. The fourth-order valence-electron chi connectivity index (χ4n) is 2.72. The summed E-state index contributed by atoms with van der Waals surface area (Å²) >= 11 is 0. The molecule has 0 saturated carbocycles. The van der Waals surface area contributed by atoms with Crippen molar-refractivity contribution in [1.29, 1.82) is 0 Å². The maximum atomic E-state index is 12.6. The number of phenolic OH excluding ortho intramolecular Hbond substituents is 1. The van der Waals surface area contributed by atoms with Crippen LogP contribution in [0.1, 0.15) is 26.3 Å². The number of phenols is 1. The first kappa shape index (κ1) is 23.1.